The van der Waals surface area contributed by atoms with Crippen LogP contribution in [0.25, 0.3) is 0 Å². The van der Waals surface area contributed by atoms with E-state index in [2.05, 4.69) is 11.1 Å². The molecular formula is C16H16N2O. The van der Waals surface area contributed by atoms with E-state index in [0.29, 0.717) is 19.5 Å². The molecule has 0 fully saturated rings. The van der Waals surface area contributed by atoms with Crippen LogP contribution >= 0.6 is 0 Å². The monoisotopic (exact) mass is 252 g/mol. The Bertz CT molecular complexity index is 607. The molecule has 1 amide bonds. The molecule has 0 unspecified atom stereocenters. The first-order valence-electron chi connectivity index (χ1n) is 6.48. The van der Waals surface area contributed by atoms with Crippen LogP contribution in [0.2, 0.25) is 0 Å². The summed E-state index contributed by atoms with van der Waals surface area (Å²) in [7, 11) is 0. The van der Waals surface area contributed by atoms with E-state index in [4.69, 9.17) is 0 Å². The summed E-state index contributed by atoms with van der Waals surface area (Å²) in [6, 6.07) is 12.0. The van der Waals surface area contributed by atoms with Gasteiger partial charge in [0.2, 0.25) is 5.91 Å². The SMILES string of the molecule is Cc1cc2c(cn1)CN(C(=O)Cc1ccccc1)C2. The van der Waals surface area contributed by atoms with Gasteiger partial charge in [-0.05, 0) is 29.7 Å². The van der Waals surface area contributed by atoms with Gasteiger partial charge in [0.1, 0.15) is 0 Å². The van der Waals surface area contributed by atoms with Crippen molar-refractivity contribution in [2.75, 3.05) is 0 Å². The number of nitrogens with zero attached hydrogens (tertiary/aromatic N) is 2. The van der Waals surface area contributed by atoms with Gasteiger partial charge in [0.25, 0.3) is 0 Å². The molecule has 0 N–H and O–H groups in total. The van der Waals surface area contributed by atoms with Crippen LogP contribution in [0.5, 0.6) is 0 Å². The number of rotatable bonds is 2. The number of pyridine rings is 1. The van der Waals surface area contributed by atoms with Crippen molar-refractivity contribution in [3.05, 3.63) is 65.0 Å². The van der Waals surface area contributed by atoms with E-state index in [1.807, 2.05) is 48.4 Å². The molecule has 2 heterocycles. The van der Waals surface area contributed by atoms with E-state index < -0.39 is 0 Å². The molecule has 3 rings (SSSR count). The third-order valence-electron chi connectivity index (χ3n) is 3.49. The predicted octanol–water partition coefficient (Wildman–Crippen LogP) is 2.47. The molecule has 3 nitrogen and oxygen atoms in total. The average molecular weight is 252 g/mol. The molecule has 0 radical (unpaired) electrons. The summed E-state index contributed by atoms with van der Waals surface area (Å²) >= 11 is 0. The van der Waals surface area contributed by atoms with Crippen molar-refractivity contribution < 1.29 is 4.79 Å². The topological polar surface area (TPSA) is 33.2 Å². The highest BCUT2D eigenvalue weighted by Gasteiger charge is 2.23. The zero-order valence-electron chi connectivity index (χ0n) is 11.0. The summed E-state index contributed by atoms with van der Waals surface area (Å²) in [5, 5.41) is 0. The van der Waals surface area contributed by atoms with Crippen LogP contribution in [0, 0.1) is 6.92 Å². The molecule has 1 aromatic carbocycles. The Kier molecular flexibility index (Phi) is 3.03. The Morgan fingerprint density at radius 3 is 2.74 bits per heavy atom. The van der Waals surface area contributed by atoms with Crippen LogP contribution in [0.1, 0.15) is 22.4 Å². The molecule has 1 aliphatic rings. The van der Waals surface area contributed by atoms with Gasteiger partial charge in [-0.15, -0.1) is 0 Å². The van der Waals surface area contributed by atoms with Crippen LogP contribution in [0.15, 0.2) is 42.6 Å². The lowest BCUT2D eigenvalue weighted by Gasteiger charge is -2.15. The van der Waals surface area contributed by atoms with Gasteiger partial charge in [-0.25, -0.2) is 0 Å². The van der Waals surface area contributed by atoms with Crippen LogP contribution in [-0.2, 0) is 24.3 Å². The van der Waals surface area contributed by atoms with E-state index in [1.165, 1.54) is 11.1 Å². The Morgan fingerprint density at radius 1 is 1.21 bits per heavy atom. The minimum Gasteiger partial charge on any atom is -0.334 e. The first-order chi connectivity index (χ1) is 9.22. The Balaban J connectivity index is 1.71. The highest BCUT2D eigenvalue weighted by Crippen LogP contribution is 2.23. The van der Waals surface area contributed by atoms with Crippen molar-refractivity contribution in [2.24, 2.45) is 0 Å². The zero-order valence-corrected chi connectivity index (χ0v) is 11.0. The van der Waals surface area contributed by atoms with Crippen LogP contribution in [0.4, 0.5) is 0 Å². The molecule has 0 atom stereocenters. The second-order valence-corrected chi connectivity index (χ2v) is 5.01. The van der Waals surface area contributed by atoms with Crippen LogP contribution in [-0.4, -0.2) is 15.8 Å². The average Bonchev–Trinajstić information content (AvgIpc) is 2.83. The number of hydrogen-bond donors (Lipinski definition) is 0. The summed E-state index contributed by atoms with van der Waals surface area (Å²) in [5.74, 6) is 0.181. The fourth-order valence-corrected chi connectivity index (χ4v) is 2.46. The van der Waals surface area contributed by atoms with Gasteiger partial charge >= 0.3 is 0 Å². The third-order valence-corrected chi connectivity index (χ3v) is 3.49. The fourth-order valence-electron chi connectivity index (χ4n) is 2.46. The summed E-state index contributed by atoms with van der Waals surface area (Å²) in [4.78, 5) is 18.5. The number of fused-ring (bicyclic) bond motifs is 1. The van der Waals surface area contributed by atoms with Gasteiger partial charge in [-0.1, -0.05) is 30.3 Å². The number of hydrogen-bond acceptors (Lipinski definition) is 2. The molecule has 1 aliphatic heterocycles. The number of amides is 1. The Hall–Kier alpha value is -2.16. The van der Waals surface area contributed by atoms with E-state index in [0.717, 1.165) is 11.3 Å². The number of aryl methyl sites for hydroxylation is 1. The van der Waals surface area contributed by atoms with Crippen molar-refractivity contribution in [1.29, 1.82) is 0 Å². The van der Waals surface area contributed by atoms with Gasteiger partial charge in [0, 0.05) is 25.0 Å². The maximum Gasteiger partial charge on any atom is 0.227 e. The highest BCUT2D eigenvalue weighted by molar-refractivity contribution is 5.79. The van der Waals surface area contributed by atoms with Gasteiger partial charge in [0.15, 0.2) is 0 Å². The fraction of sp³-hybridized carbons (Fsp3) is 0.250. The van der Waals surface area contributed by atoms with Crippen LogP contribution in [0.3, 0.4) is 0 Å². The zero-order chi connectivity index (χ0) is 13.2. The summed E-state index contributed by atoms with van der Waals surface area (Å²) in [6.07, 6.45) is 2.36. The van der Waals surface area contributed by atoms with Gasteiger partial charge in [-0.3, -0.25) is 9.78 Å². The molecule has 0 saturated heterocycles. The maximum absolute atomic E-state index is 12.3. The van der Waals surface area contributed by atoms with E-state index in [-0.39, 0.29) is 5.91 Å². The molecule has 96 valence electrons. The highest BCUT2D eigenvalue weighted by atomic mass is 16.2. The molecule has 2 aromatic rings. The lowest BCUT2D eigenvalue weighted by atomic mass is 10.1. The third kappa shape index (κ3) is 2.50. The Morgan fingerprint density at radius 2 is 1.95 bits per heavy atom. The minimum atomic E-state index is 0.181. The minimum absolute atomic E-state index is 0.181. The predicted molar refractivity (Wildman–Crippen MR) is 73.4 cm³/mol. The van der Waals surface area contributed by atoms with Gasteiger partial charge in [-0.2, -0.15) is 0 Å². The van der Waals surface area contributed by atoms with E-state index >= 15 is 0 Å². The molecule has 3 heteroatoms. The first-order valence-corrected chi connectivity index (χ1v) is 6.48. The lowest BCUT2D eigenvalue weighted by molar-refractivity contribution is -0.131. The molecule has 0 saturated carbocycles. The molecular weight excluding hydrogens is 236 g/mol. The normalized spacial score (nSPS) is 13.4. The molecule has 0 bridgehead atoms. The number of benzene rings is 1. The number of aromatic nitrogens is 1. The molecule has 0 aliphatic carbocycles. The van der Waals surface area contributed by atoms with Gasteiger partial charge < -0.3 is 4.90 Å². The smallest absolute Gasteiger partial charge is 0.227 e. The van der Waals surface area contributed by atoms with Crippen molar-refractivity contribution in [3.8, 4) is 0 Å². The second-order valence-electron chi connectivity index (χ2n) is 5.01. The number of carbonyl (C=O) groups is 1. The number of carbonyl (C=O) groups excluding carboxylic acids is 1. The molecule has 0 spiro atoms. The standard InChI is InChI=1S/C16H16N2O/c1-12-7-14-10-18(11-15(14)9-17-12)16(19)8-13-5-3-2-4-6-13/h2-7,9H,8,10-11H2,1H3. The van der Waals surface area contributed by atoms with Crippen LogP contribution < -0.4 is 0 Å². The maximum atomic E-state index is 12.3. The first kappa shape index (κ1) is 11.9. The summed E-state index contributed by atoms with van der Waals surface area (Å²) < 4.78 is 0. The largest absolute Gasteiger partial charge is 0.334 e. The quantitative estimate of drug-likeness (QED) is 0.822. The lowest BCUT2D eigenvalue weighted by Crippen LogP contribution is -2.26. The van der Waals surface area contributed by atoms with Crippen molar-refractivity contribution in [1.82, 2.24) is 9.88 Å². The van der Waals surface area contributed by atoms with Gasteiger partial charge in [0.05, 0.1) is 6.42 Å². The molecule has 1 aromatic heterocycles. The Labute approximate surface area is 112 Å². The van der Waals surface area contributed by atoms with Crippen molar-refractivity contribution in [3.63, 3.8) is 0 Å². The molecule has 19 heavy (non-hydrogen) atoms. The summed E-state index contributed by atoms with van der Waals surface area (Å²) in [5.41, 5.74) is 4.48. The second kappa shape index (κ2) is 4.84. The summed E-state index contributed by atoms with van der Waals surface area (Å²) in [6.45, 7) is 3.38. The van der Waals surface area contributed by atoms with E-state index in [9.17, 15) is 4.79 Å². The van der Waals surface area contributed by atoms with Crippen molar-refractivity contribution in [2.45, 2.75) is 26.4 Å². The van der Waals surface area contributed by atoms with E-state index in [1.54, 1.807) is 0 Å². The van der Waals surface area contributed by atoms with Crippen molar-refractivity contribution >= 4 is 5.91 Å².